The van der Waals surface area contributed by atoms with Crippen molar-refractivity contribution in [3.63, 3.8) is 0 Å². The quantitative estimate of drug-likeness (QED) is 0.279. The first-order valence-corrected chi connectivity index (χ1v) is 14.4. The Morgan fingerprint density at radius 2 is 1.81 bits per heavy atom. The van der Waals surface area contributed by atoms with Crippen LogP contribution in [-0.2, 0) is 4.79 Å². The van der Waals surface area contributed by atoms with Gasteiger partial charge in [0.15, 0.2) is 0 Å². The van der Waals surface area contributed by atoms with Crippen molar-refractivity contribution in [1.29, 1.82) is 0 Å². The molecule has 0 aromatic carbocycles. The Labute approximate surface area is 222 Å². The van der Waals surface area contributed by atoms with Crippen molar-refractivity contribution in [3.8, 4) is 0 Å². The monoisotopic (exact) mass is 500 g/mol. The van der Waals surface area contributed by atoms with Gasteiger partial charge in [-0.1, -0.05) is 93.5 Å². The number of aliphatic hydroxyl groups is 1. The molecule has 36 heavy (non-hydrogen) atoms. The zero-order valence-electron chi connectivity index (χ0n) is 25.3. The van der Waals surface area contributed by atoms with Crippen molar-refractivity contribution in [1.82, 2.24) is 0 Å². The van der Waals surface area contributed by atoms with E-state index in [9.17, 15) is 15.0 Å². The lowest BCUT2D eigenvalue weighted by Crippen LogP contribution is -2.48. The fraction of sp³-hybridized carbons (Fsp3) is 0.788. The van der Waals surface area contributed by atoms with Gasteiger partial charge in [0.1, 0.15) is 0 Å². The molecule has 0 aromatic rings. The number of rotatable bonds is 11. The van der Waals surface area contributed by atoms with Crippen LogP contribution in [0.15, 0.2) is 35.5 Å². The summed E-state index contributed by atoms with van der Waals surface area (Å²) in [6, 6.07) is 0. The Morgan fingerprint density at radius 1 is 1.22 bits per heavy atom. The molecule has 206 valence electrons. The summed E-state index contributed by atoms with van der Waals surface area (Å²) in [7, 11) is 0. The van der Waals surface area contributed by atoms with Crippen LogP contribution < -0.4 is 0 Å². The molecule has 0 aromatic heterocycles. The standard InChI is InChI=1S/C33H56O3/c1-13-25-27(30(7,8)23(6)31(9,10)28(34)14-2)18-20-33(12)26(17-19-32(25,33)11)24(29(35)36)16-15-22(5)21(3)4/h13,18,21,23-24,26,28,34H,5,14-17,19-20H2,1-4,6-12H3,(H,35,36)/b25-13+/t23-,24-,26-,28?,32+,33-/m1/s1. The lowest BCUT2D eigenvalue weighted by atomic mass is 9.49. The van der Waals surface area contributed by atoms with Crippen molar-refractivity contribution in [2.45, 2.75) is 121 Å². The van der Waals surface area contributed by atoms with E-state index in [-0.39, 0.29) is 45.5 Å². The van der Waals surface area contributed by atoms with Gasteiger partial charge in [0.2, 0.25) is 0 Å². The van der Waals surface area contributed by atoms with E-state index in [1.54, 1.807) is 0 Å². The van der Waals surface area contributed by atoms with E-state index in [0.717, 1.165) is 37.7 Å². The Bertz CT molecular complexity index is 889. The molecule has 2 aliphatic carbocycles. The van der Waals surface area contributed by atoms with Crippen molar-refractivity contribution in [2.75, 3.05) is 0 Å². The summed E-state index contributed by atoms with van der Waals surface area (Å²) in [5, 5.41) is 21.2. The minimum absolute atomic E-state index is 0.0657. The van der Waals surface area contributed by atoms with Gasteiger partial charge in [0.05, 0.1) is 12.0 Å². The molecule has 2 aliphatic rings. The van der Waals surface area contributed by atoms with Crippen LogP contribution in [0.4, 0.5) is 0 Å². The maximum atomic E-state index is 12.6. The van der Waals surface area contributed by atoms with E-state index in [0.29, 0.717) is 12.3 Å². The van der Waals surface area contributed by atoms with E-state index in [2.05, 4.69) is 94.9 Å². The first-order valence-electron chi connectivity index (χ1n) is 14.4. The molecule has 0 amide bonds. The highest BCUT2D eigenvalue weighted by Crippen LogP contribution is 2.69. The largest absolute Gasteiger partial charge is 0.481 e. The van der Waals surface area contributed by atoms with Gasteiger partial charge in [0, 0.05) is 0 Å². The molecule has 1 saturated carbocycles. The predicted octanol–water partition coefficient (Wildman–Crippen LogP) is 8.84. The fourth-order valence-electron chi connectivity index (χ4n) is 7.83. The highest BCUT2D eigenvalue weighted by atomic mass is 16.4. The van der Waals surface area contributed by atoms with Gasteiger partial charge < -0.3 is 10.2 Å². The summed E-state index contributed by atoms with van der Waals surface area (Å²) in [5.41, 5.74) is 3.44. The smallest absolute Gasteiger partial charge is 0.306 e. The second-order valence-electron chi connectivity index (χ2n) is 13.9. The first-order chi connectivity index (χ1) is 16.4. The average molecular weight is 501 g/mol. The van der Waals surface area contributed by atoms with Crippen LogP contribution in [0, 0.1) is 45.3 Å². The van der Waals surface area contributed by atoms with Gasteiger partial charge in [-0.05, 0) is 96.0 Å². The number of carboxylic acids is 1. The molecule has 6 atom stereocenters. The second-order valence-corrected chi connectivity index (χ2v) is 13.9. The summed E-state index contributed by atoms with van der Waals surface area (Å²) >= 11 is 0. The van der Waals surface area contributed by atoms with Gasteiger partial charge in [-0.15, -0.1) is 0 Å². The summed E-state index contributed by atoms with van der Waals surface area (Å²) in [6.45, 7) is 28.8. The molecular formula is C33H56O3. The zero-order valence-corrected chi connectivity index (χ0v) is 25.3. The maximum Gasteiger partial charge on any atom is 0.306 e. The van der Waals surface area contributed by atoms with E-state index in [1.807, 2.05) is 0 Å². The van der Waals surface area contributed by atoms with Crippen molar-refractivity contribution >= 4 is 5.97 Å². The number of carboxylic acid groups (broad SMARTS) is 1. The number of aliphatic hydroxyl groups excluding tert-OH is 1. The molecule has 3 heteroatoms. The van der Waals surface area contributed by atoms with Crippen LogP contribution in [0.2, 0.25) is 0 Å². The zero-order chi connectivity index (χ0) is 27.9. The first kappa shape index (κ1) is 30.9. The van der Waals surface area contributed by atoms with E-state index < -0.39 is 5.97 Å². The highest BCUT2D eigenvalue weighted by molar-refractivity contribution is 5.71. The highest BCUT2D eigenvalue weighted by Gasteiger charge is 2.61. The summed E-state index contributed by atoms with van der Waals surface area (Å²) in [6.07, 6.45) is 9.48. The number of hydrogen-bond acceptors (Lipinski definition) is 2. The normalized spacial score (nSPS) is 30.6. The van der Waals surface area contributed by atoms with Gasteiger partial charge in [-0.2, -0.15) is 0 Å². The molecule has 0 heterocycles. The third-order valence-electron chi connectivity index (χ3n) is 11.5. The Morgan fingerprint density at radius 3 is 2.28 bits per heavy atom. The molecule has 2 rings (SSSR count). The van der Waals surface area contributed by atoms with Crippen LogP contribution in [0.3, 0.4) is 0 Å². The van der Waals surface area contributed by atoms with Gasteiger partial charge in [-0.25, -0.2) is 0 Å². The van der Waals surface area contributed by atoms with Crippen LogP contribution in [0.1, 0.15) is 115 Å². The molecule has 1 fully saturated rings. The lowest BCUT2D eigenvalue weighted by Gasteiger charge is -2.55. The Kier molecular flexibility index (Phi) is 9.26. The molecule has 0 spiro atoms. The average Bonchev–Trinajstić information content (AvgIpc) is 3.07. The summed E-state index contributed by atoms with van der Waals surface area (Å²) in [4.78, 5) is 12.6. The number of allylic oxidation sites excluding steroid dienone is 5. The summed E-state index contributed by atoms with van der Waals surface area (Å²) in [5.74, 6) is -0.195. The van der Waals surface area contributed by atoms with Gasteiger partial charge in [-0.3, -0.25) is 4.79 Å². The van der Waals surface area contributed by atoms with Crippen LogP contribution >= 0.6 is 0 Å². The fourth-order valence-corrected chi connectivity index (χ4v) is 7.83. The van der Waals surface area contributed by atoms with Gasteiger partial charge in [0.25, 0.3) is 0 Å². The topological polar surface area (TPSA) is 57.5 Å². The number of fused-ring (bicyclic) bond motifs is 1. The van der Waals surface area contributed by atoms with Crippen LogP contribution in [-0.4, -0.2) is 22.3 Å². The third-order valence-corrected chi connectivity index (χ3v) is 11.5. The number of aliphatic carboxylic acids is 1. The van der Waals surface area contributed by atoms with Crippen molar-refractivity contribution < 1.29 is 15.0 Å². The SMILES string of the molecule is C=C(CC[C@@H](C(=O)O)[C@H]1CC[C@@]2(C)/C(=C/C)C(C(C)(C)[C@@H](C)C(C)(C)C(O)CC)=CC[C@]12C)C(C)C. The van der Waals surface area contributed by atoms with E-state index in [4.69, 9.17) is 0 Å². The molecule has 0 radical (unpaired) electrons. The Hall–Kier alpha value is -1.35. The van der Waals surface area contributed by atoms with E-state index in [1.165, 1.54) is 11.1 Å². The molecule has 0 aliphatic heterocycles. The minimum Gasteiger partial charge on any atom is -0.481 e. The van der Waals surface area contributed by atoms with E-state index >= 15 is 0 Å². The number of hydrogen-bond donors (Lipinski definition) is 2. The molecule has 0 bridgehead atoms. The van der Waals surface area contributed by atoms with Gasteiger partial charge >= 0.3 is 5.97 Å². The number of carbonyl (C=O) groups is 1. The second kappa shape index (κ2) is 10.8. The van der Waals surface area contributed by atoms with Crippen molar-refractivity contribution in [2.24, 2.45) is 45.3 Å². The predicted molar refractivity (Wildman–Crippen MR) is 153 cm³/mol. The maximum absolute atomic E-state index is 12.6. The molecule has 0 saturated heterocycles. The third kappa shape index (κ3) is 5.03. The molecule has 3 nitrogen and oxygen atoms in total. The summed E-state index contributed by atoms with van der Waals surface area (Å²) < 4.78 is 0. The van der Waals surface area contributed by atoms with Crippen LogP contribution in [0.5, 0.6) is 0 Å². The molecule has 1 unspecified atom stereocenters. The van der Waals surface area contributed by atoms with Crippen molar-refractivity contribution in [3.05, 3.63) is 35.5 Å². The molecular weight excluding hydrogens is 444 g/mol. The van der Waals surface area contributed by atoms with Crippen LogP contribution in [0.25, 0.3) is 0 Å². The Balaban J connectivity index is 2.49. The lowest BCUT2D eigenvalue weighted by molar-refractivity contribution is -0.146. The molecule has 2 N–H and O–H groups in total. The minimum atomic E-state index is -0.650.